The zero-order chi connectivity index (χ0) is 16.2. The van der Waals surface area contributed by atoms with Crippen LogP contribution in [-0.2, 0) is 6.42 Å². The van der Waals surface area contributed by atoms with Crippen molar-refractivity contribution in [2.75, 3.05) is 0 Å². The van der Waals surface area contributed by atoms with Crippen LogP contribution in [0.1, 0.15) is 58.4 Å². The molecule has 0 N–H and O–H groups in total. The Balaban J connectivity index is 0.00000106. The molecule has 0 saturated carbocycles. The third-order valence-corrected chi connectivity index (χ3v) is 4.29. The molecule has 0 atom stereocenters. The Morgan fingerprint density at radius 2 is 0.762 bits per heavy atom. The second-order valence-electron chi connectivity index (χ2n) is 5.90. The van der Waals surface area contributed by atoms with Gasteiger partial charge in [0.1, 0.15) is 0 Å². The Labute approximate surface area is 131 Å². The van der Waals surface area contributed by atoms with Gasteiger partial charge in [0.15, 0.2) is 0 Å². The first kappa shape index (κ1) is 17.5. The smallest absolute Gasteiger partial charge is 0.00203 e. The summed E-state index contributed by atoms with van der Waals surface area (Å²) in [6.45, 7) is 17.2. The van der Waals surface area contributed by atoms with E-state index in [1.165, 1.54) is 44.5 Å². The van der Waals surface area contributed by atoms with Crippen molar-refractivity contribution in [1.29, 1.82) is 0 Å². The summed E-state index contributed by atoms with van der Waals surface area (Å²) in [4.78, 5) is 0. The van der Waals surface area contributed by atoms with E-state index < -0.39 is 0 Å². The summed E-state index contributed by atoms with van der Waals surface area (Å²) in [6.07, 6.45) is 1.04. The number of rotatable bonds is 2. The number of hydrogen-bond donors (Lipinski definition) is 0. The number of hydrogen-bond acceptors (Lipinski definition) is 0. The van der Waals surface area contributed by atoms with Gasteiger partial charge in [-0.2, -0.15) is 0 Å². The molecule has 114 valence electrons. The van der Waals surface area contributed by atoms with Crippen LogP contribution in [0.5, 0.6) is 0 Å². The predicted octanol–water partition coefficient (Wildman–Crippen LogP) is 6.15. The largest absolute Gasteiger partial charge is 0.0683 e. The standard InChI is InChI=1S/C19H24.C2H6/c1-12-7-16(5)18(9-14(12)3)11-19-10-15(4)13(2)8-17(19)6;1-2/h7-10H,11H2,1-6H3;1-2H3. The molecule has 2 aromatic rings. The van der Waals surface area contributed by atoms with Crippen LogP contribution < -0.4 is 0 Å². The molecule has 0 saturated heterocycles. The maximum absolute atomic E-state index is 2.35. The lowest BCUT2D eigenvalue weighted by Gasteiger charge is -2.13. The van der Waals surface area contributed by atoms with Gasteiger partial charge < -0.3 is 0 Å². The molecule has 0 heteroatoms. The third-order valence-electron chi connectivity index (χ3n) is 4.29. The second kappa shape index (κ2) is 7.45. The fourth-order valence-corrected chi connectivity index (χ4v) is 2.63. The van der Waals surface area contributed by atoms with Crippen molar-refractivity contribution in [3.63, 3.8) is 0 Å². The molecule has 0 aromatic heterocycles. The third kappa shape index (κ3) is 4.20. The molecule has 0 aliphatic carbocycles. The van der Waals surface area contributed by atoms with E-state index in [-0.39, 0.29) is 0 Å². The zero-order valence-corrected chi connectivity index (χ0v) is 15.0. The van der Waals surface area contributed by atoms with Gasteiger partial charge in [0.05, 0.1) is 0 Å². The lowest BCUT2D eigenvalue weighted by molar-refractivity contribution is 1.10. The summed E-state index contributed by atoms with van der Waals surface area (Å²) in [5.41, 5.74) is 11.3. The highest BCUT2D eigenvalue weighted by Crippen LogP contribution is 2.22. The van der Waals surface area contributed by atoms with Crippen LogP contribution in [0.25, 0.3) is 0 Å². The summed E-state index contributed by atoms with van der Waals surface area (Å²) in [7, 11) is 0. The average Bonchev–Trinajstić information content (AvgIpc) is 2.44. The Kier molecular flexibility index (Phi) is 6.20. The summed E-state index contributed by atoms with van der Waals surface area (Å²) in [5, 5.41) is 0. The maximum Gasteiger partial charge on any atom is -0.00203 e. The van der Waals surface area contributed by atoms with E-state index in [4.69, 9.17) is 0 Å². The highest BCUT2D eigenvalue weighted by Gasteiger charge is 2.07. The zero-order valence-electron chi connectivity index (χ0n) is 15.0. The summed E-state index contributed by atoms with van der Waals surface area (Å²) in [5.74, 6) is 0. The molecule has 2 rings (SSSR count). The van der Waals surface area contributed by atoms with Crippen molar-refractivity contribution in [3.8, 4) is 0 Å². The van der Waals surface area contributed by atoms with E-state index >= 15 is 0 Å². The molecule has 0 spiro atoms. The number of benzene rings is 2. The van der Waals surface area contributed by atoms with Gasteiger partial charge in [-0.15, -0.1) is 0 Å². The van der Waals surface area contributed by atoms with Gasteiger partial charge >= 0.3 is 0 Å². The highest BCUT2D eigenvalue weighted by atomic mass is 14.1. The molecule has 0 fully saturated rings. The van der Waals surface area contributed by atoms with Crippen LogP contribution in [0, 0.1) is 41.5 Å². The molecule has 0 amide bonds. The van der Waals surface area contributed by atoms with Crippen molar-refractivity contribution in [2.45, 2.75) is 61.8 Å². The minimum absolute atomic E-state index is 1.04. The van der Waals surface area contributed by atoms with Gasteiger partial charge in [-0.05, 0) is 92.5 Å². The van der Waals surface area contributed by atoms with Crippen LogP contribution in [0.15, 0.2) is 24.3 Å². The van der Waals surface area contributed by atoms with Gasteiger partial charge in [0.25, 0.3) is 0 Å². The van der Waals surface area contributed by atoms with Crippen molar-refractivity contribution in [2.24, 2.45) is 0 Å². The van der Waals surface area contributed by atoms with Crippen LogP contribution >= 0.6 is 0 Å². The van der Waals surface area contributed by atoms with Crippen molar-refractivity contribution in [1.82, 2.24) is 0 Å². The van der Waals surface area contributed by atoms with E-state index in [2.05, 4.69) is 65.8 Å². The molecular formula is C21H30. The van der Waals surface area contributed by atoms with E-state index in [1.807, 2.05) is 13.8 Å². The van der Waals surface area contributed by atoms with Crippen molar-refractivity contribution in [3.05, 3.63) is 68.8 Å². The van der Waals surface area contributed by atoms with E-state index in [0.29, 0.717) is 0 Å². The first-order valence-electron chi connectivity index (χ1n) is 8.02. The number of aryl methyl sites for hydroxylation is 6. The first-order chi connectivity index (χ1) is 9.88. The van der Waals surface area contributed by atoms with Crippen LogP contribution in [0.2, 0.25) is 0 Å². The van der Waals surface area contributed by atoms with Gasteiger partial charge in [0, 0.05) is 0 Å². The normalized spacial score (nSPS) is 10.1. The van der Waals surface area contributed by atoms with Gasteiger partial charge in [-0.25, -0.2) is 0 Å². The predicted molar refractivity (Wildman–Crippen MR) is 95.5 cm³/mol. The summed E-state index contributed by atoms with van der Waals surface area (Å²) < 4.78 is 0. The van der Waals surface area contributed by atoms with Crippen LogP contribution in [-0.4, -0.2) is 0 Å². The van der Waals surface area contributed by atoms with E-state index in [9.17, 15) is 0 Å². The molecule has 0 heterocycles. The van der Waals surface area contributed by atoms with E-state index in [1.54, 1.807) is 0 Å². The molecule has 0 bridgehead atoms. The Bertz CT molecular complexity index is 563. The van der Waals surface area contributed by atoms with Crippen molar-refractivity contribution >= 4 is 0 Å². The molecule has 0 aliphatic heterocycles. The lowest BCUT2D eigenvalue weighted by atomic mass is 9.92. The Hall–Kier alpha value is -1.56. The molecule has 0 nitrogen and oxygen atoms in total. The minimum Gasteiger partial charge on any atom is -0.0683 e. The minimum atomic E-state index is 1.04. The fourth-order valence-electron chi connectivity index (χ4n) is 2.63. The Morgan fingerprint density at radius 1 is 0.476 bits per heavy atom. The average molecular weight is 282 g/mol. The summed E-state index contributed by atoms with van der Waals surface area (Å²) >= 11 is 0. The second-order valence-corrected chi connectivity index (χ2v) is 5.90. The molecule has 0 unspecified atom stereocenters. The quantitative estimate of drug-likeness (QED) is 0.619. The highest BCUT2D eigenvalue weighted by molar-refractivity contribution is 5.43. The van der Waals surface area contributed by atoms with Gasteiger partial charge in [-0.1, -0.05) is 38.1 Å². The maximum atomic E-state index is 2.35. The molecule has 0 radical (unpaired) electrons. The molecular weight excluding hydrogens is 252 g/mol. The monoisotopic (exact) mass is 282 g/mol. The fraction of sp³-hybridized carbons (Fsp3) is 0.429. The topological polar surface area (TPSA) is 0 Å². The SMILES string of the molecule is CC.Cc1cc(C)c(Cc2cc(C)c(C)cc2C)cc1C. The van der Waals surface area contributed by atoms with Gasteiger partial charge in [-0.3, -0.25) is 0 Å². The van der Waals surface area contributed by atoms with E-state index in [0.717, 1.165) is 6.42 Å². The molecule has 0 aliphatic rings. The first-order valence-corrected chi connectivity index (χ1v) is 8.02. The van der Waals surface area contributed by atoms with Gasteiger partial charge in [0.2, 0.25) is 0 Å². The Morgan fingerprint density at radius 3 is 1.10 bits per heavy atom. The summed E-state index contributed by atoms with van der Waals surface area (Å²) in [6, 6.07) is 9.31. The van der Waals surface area contributed by atoms with Crippen LogP contribution in [0.3, 0.4) is 0 Å². The molecule has 2 aromatic carbocycles. The lowest BCUT2D eigenvalue weighted by Crippen LogP contribution is -1.98. The molecule has 21 heavy (non-hydrogen) atoms. The van der Waals surface area contributed by atoms with Crippen molar-refractivity contribution < 1.29 is 0 Å². The van der Waals surface area contributed by atoms with Crippen LogP contribution in [0.4, 0.5) is 0 Å².